The first-order valence-electron chi connectivity index (χ1n) is 11.9. The van der Waals surface area contributed by atoms with E-state index in [1.165, 1.54) is 11.8 Å². The molecule has 0 aliphatic carbocycles. The Hall–Kier alpha value is -2.97. The number of carbonyl (C=O) groups excluding carboxylic acids is 1. The molecule has 2 fully saturated rings. The summed E-state index contributed by atoms with van der Waals surface area (Å²) in [5, 5.41) is 0. The predicted molar refractivity (Wildman–Crippen MR) is 147 cm³/mol. The van der Waals surface area contributed by atoms with Crippen molar-refractivity contribution in [1.82, 2.24) is 14.3 Å². The van der Waals surface area contributed by atoms with Crippen LogP contribution in [0.15, 0.2) is 58.4 Å². The molecule has 6 nitrogen and oxygen atoms in total. The number of anilines is 1. The van der Waals surface area contributed by atoms with Gasteiger partial charge < -0.3 is 4.90 Å². The summed E-state index contributed by atoms with van der Waals surface area (Å²) in [6.07, 6.45) is 4.59. The van der Waals surface area contributed by atoms with Gasteiger partial charge in [0.25, 0.3) is 11.5 Å². The Morgan fingerprint density at radius 2 is 1.80 bits per heavy atom. The van der Waals surface area contributed by atoms with Crippen LogP contribution in [-0.4, -0.2) is 37.6 Å². The van der Waals surface area contributed by atoms with E-state index in [0.29, 0.717) is 44.6 Å². The number of hydrogen-bond donors (Lipinski definition) is 0. The highest BCUT2D eigenvalue weighted by Crippen LogP contribution is 2.35. The molecule has 2 aliphatic heterocycles. The molecule has 0 bridgehead atoms. The van der Waals surface area contributed by atoms with Gasteiger partial charge in [-0.05, 0) is 48.4 Å². The van der Waals surface area contributed by atoms with E-state index in [4.69, 9.17) is 17.2 Å². The van der Waals surface area contributed by atoms with Crippen molar-refractivity contribution >= 4 is 51.7 Å². The number of hydrogen-bond acceptors (Lipinski definition) is 6. The maximum atomic E-state index is 13.7. The summed E-state index contributed by atoms with van der Waals surface area (Å²) in [6.45, 7) is 8.49. The number of amides is 1. The third-order valence-electron chi connectivity index (χ3n) is 6.57. The molecule has 180 valence electrons. The number of benzene rings is 1. The molecule has 0 unspecified atom stereocenters. The maximum absolute atomic E-state index is 13.7. The predicted octanol–water partition coefficient (Wildman–Crippen LogP) is 4.89. The molecular weight excluding hydrogens is 476 g/mol. The van der Waals surface area contributed by atoms with Crippen molar-refractivity contribution in [3.05, 3.63) is 80.6 Å². The number of pyridine rings is 1. The third kappa shape index (κ3) is 4.65. The number of piperidine rings is 1. The van der Waals surface area contributed by atoms with Gasteiger partial charge in [-0.2, -0.15) is 0 Å². The highest BCUT2D eigenvalue weighted by molar-refractivity contribution is 8.26. The van der Waals surface area contributed by atoms with Crippen LogP contribution >= 0.6 is 24.0 Å². The Morgan fingerprint density at radius 3 is 2.51 bits per heavy atom. The topological polar surface area (TPSA) is 57.9 Å². The fourth-order valence-electron chi connectivity index (χ4n) is 5.04. The molecule has 3 aromatic rings. The van der Waals surface area contributed by atoms with Crippen molar-refractivity contribution in [3.8, 4) is 0 Å². The Kier molecular flexibility index (Phi) is 6.51. The summed E-state index contributed by atoms with van der Waals surface area (Å²) in [4.78, 5) is 36.3. The molecule has 0 N–H and O–H groups in total. The van der Waals surface area contributed by atoms with E-state index in [0.717, 1.165) is 30.6 Å². The van der Waals surface area contributed by atoms with Gasteiger partial charge in [0.1, 0.15) is 15.8 Å². The van der Waals surface area contributed by atoms with Gasteiger partial charge in [0.15, 0.2) is 0 Å². The number of thioether (sulfide) groups is 1. The SMILES string of the molecule is Cc1cccn2c(=O)c(/C=C3/SC(=S)N(Cc4ccccc4)C3=O)c(N3C[C@@H](C)C[C@H](C)C3)nc12. The van der Waals surface area contributed by atoms with Crippen LogP contribution in [0.1, 0.15) is 37.0 Å². The molecular formula is C27H28N4O2S2. The van der Waals surface area contributed by atoms with Gasteiger partial charge in [-0.1, -0.05) is 74.2 Å². The number of aromatic nitrogens is 2. The quantitative estimate of drug-likeness (QED) is 0.373. The van der Waals surface area contributed by atoms with E-state index < -0.39 is 0 Å². The number of carbonyl (C=O) groups is 1. The summed E-state index contributed by atoms with van der Waals surface area (Å²) in [5.74, 6) is 1.46. The summed E-state index contributed by atoms with van der Waals surface area (Å²) in [6, 6.07) is 13.6. The molecule has 1 amide bonds. The molecule has 0 radical (unpaired) electrons. The van der Waals surface area contributed by atoms with Gasteiger partial charge in [0.05, 0.1) is 17.0 Å². The van der Waals surface area contributed by atoms with E-state index in [1.807, 2.05) is 49.4 Å². The van der Waals surface area contributed by atoms with Gasteiger partial charge in [-0.3, -0.25) is 18.9 Å². The zero-order valence-corrected chi connectivity index (χ0v) is 21.7. The highest BCUT2D eigenvalue weighted by atomic mass is 32.2. The summed E-state index contributed by atoms with van der Waals surface area (Å²) >= 11 is 6.79. The van der Waals surface area contributed by atoms with Crippen molar-refractivity contribution in [1.29, 1.82) is 0 Å². The van der Waals surface area contributed by atoms with E-state index in [9.17, 15) is 9.59 Å². The van der Waals surface area contributed by atoms with Gasteiger partial charge in [0, 0.05) is 19.3 Å². The molecule has 5 rings (SSSR count). The lowest BCUT2D eigenvalue weighted by Gasteiger charge is -2.36. The van der Waals surface area contributed by atoms with Crippen LogP contribution in [0.3, 0.4) is 0 Å². The normalized spacial score (nSPS) is 22.0. The van der Waals surface area contributed by atoms with Gasteiger partial charge in [0.2, 0.25) is 0 Å². The fourth-order valence-corrected chi connectivity index (χ4v) is 6.27. The molecule has 1 aromatic carbocycles. The maximum Gasteiger partial charge on any atom is 0.267 e. The van der Waals surface area contributed by atoms with Crippen LogP contribution in [0.4, 0.5) is 5.82 Å². The number of fused-ring (bicyclic) bond motifs is 1. The lowest BCUT2D eigenvalue weighted by atomic mass is 9.91. The Labute approximate surface area is 214 Å². The molecule has 2 saturated heterocycles. The lowest BCUT2D eigenvalue weighted by Crippen LogP contribution is -2.40. The lowest BCUT2D eigenvalue weighted by molar-refractivity contribution is -0.122. The van der Waals surface area contributed by atoms with E-state index >= 15 is 0 Å². The van der Waals surface area contributed by atoms with Crippen molar-refractivity contribution in [3.63, 3.8) is 0 Å². The average Bonchev–Trinajstić information content (AvgIpc) is 3.08. The summed E-state index contributed by atoms with van der Waals surface area (Å²) in [5.41, 5.74) is 2.85. The third-order valence-corrected chi connectivity index (χ3v) is 7.94. The molecule has 2 aliphatic rings. The van der Waals surface area contributed by atoms with E-state index in [1.54, 1.807) is 21.6 Å². The number of rotatable bonds is 4. The zero-order valence-electron chi connectivity index (χ0n) is 20.1. The van der Waals surface area contributed by atoms with Crippen LogP contribution in [0, 0.1) is 18.8 Å². The van der Waals surface area contributed by atoms with E-state index in [-0.39, 0.29) is 11.5 Å². The first-order chi connectivity index (χ1) is 16.8. The largest absolute Gasteiger partial charge is 0.355 e. The van der Waals surface area contributed by atoms with Crippen molar-refractivity contribution < 1.29 is 4.79 Å². The number of thiocarbonyl (C=S) groups is 1. The first kappa shape index (κ1) is 23.8. The van der Waals surface area contributed by atoms with Crippen LogP contribution in [0.25, 0.3) is 11.7 Å². The molecule has 4 heterocycles. The smallest absolute Gasteiger partial charge is 0.267 e. The summed E-state index contributed by atoms with van der Waals surface area (Å²) in [7, 11) is 0. The second-order valence-electron chi connectivity index (χ2n) is 9.64. The Balaban J connectivity index is 1.60. The van der Waals surface area contributed by atoms with E-state index in [2.05, 4.69) is 18.7 Å². The number of aryl methyl sites for hydroxylation is 1. The average molecular weight is 505 g/mol. The van der Waals surface area contributed by atoms with Crippen LogP contribution < -0.4 is 10.5 Å². The number of nitrogens with zero attached hydrogens (tertiary/aromatic N) is 4. The first-order valence-corrected chi connectivity index (χ1v) is 13.1. The molecule has 2 atom stereocenters. The van der Waals surface area contributed by atoms with Crippen LogP contribution in [0.5, 0.6) is 0 Å². The fraction of sp³-hybridized carbons (Fsp3) is 0.333. The van der Waals surface area contributed by atoms with Gasteiger partial charge in [-0.15, -0.1) is 0 Å². The second kappa shape index (κ2) is 9.59. The van der Waals surface area contributed by atoms with Gasteiger partial charge in [-0.25, -0.2) is 4.98 Å². The van der Waals surface area contributed by atoms with Gasteiger partial charge >= 0.3 is 0 Å². The van der Waals surface area contributed by atoms with Crippen molar-refractivity contribution in [2.24, 2.45) is 11.8 Å². The van der Waals surface area contributed by atoms with Crippen LogP contribution in [-0.2, 0) is 11.3 Å². The summed E-state index contributed by atoms with van der Waals surface area (Å²) < 4.78 is 2.07. The van der Waals surface area contributed by atoms with Crippen molar-refractivity contribution in [2.45, 2.75) is 33.7 Å². The molecule has 2 aromatic heterocycles. The minimum Gasteiger partial charge on any atom is -0.355 e. The molecule has 8 heteroatoms. The Morgan fingerprint density at radius 1 is 1.09 bits per heavy atom. The standard InChI is InChI=1S/C27H28N4O2S2/c1-17-12-18(2)15-29(14-17)24-21(25(32)30-11-7-8-19(3)23(30)28-24)13-22-26(33)31(27(34)35-22)16-20-9-5-4-6-10-20/h4-11,13,17-18H,12,14-16H2,1-3H3/b22-13+/t17-,18-/m0/s1. The second-order valence-corrected chi connectivity index (χ2v) is 11.3. The molecule has 0 saturated carbocycles. The minimum absolute atomic E-state index is 0.173. The monoisotopic (exact) mass is 504 g/mol. The Bertz CT molecular complexity index is 1390. The van der Waals surface area contributed by atoms with Crippen molar-refractivity contribution in [2.75, 3.05) is 18.0 Å². The molecule has 0 spiro atoms. The van der Waals surface area contributed by atoms with Crippen LogP contribution in [0.2, 0.25) is 0 Å². The molecule has 35 heavy (non-hydrogen) atoms. The highest BCUT2D eigenvalue weighted by Gasteiger charge is 2.33. The zero-order chi connectivity index (χ0) is 24.7. The minimum atomic E-state index is -0.177.